The summed E-state index contributed by atoms with van der Waals surface area (Å²) in [6, 6.07) is 2.13. The van der Waals surface area contributed by atoms with Crippen molar-refractivity contribution < 1.29 is 32.3 Å². The fourth-order valence-electron chi connectivity index (χ4n) is 3.04. The summed E-state index contributed by atoms with van der Waals surface area (Å²) in [4.78, 5) is 21.9. The highest BCUT2D eigenvalue weighted by Crippen LogP contribution is 2.33. The van der Waals surface area contributed by atoms with Crippen LogP contribution in [0.5, 0.6) is 0 Å². The predicted octanol–water partition coefficient (Wildman–Crippen LogP) is 8.27. The van der Waals surface area contributed by atoms with Gasteiger partial charge in [-0.3, -0.25) is 9.59 Å². The molecule has 2 rings (SSSR count). The van der Waals surface area contributed by atoms with E-state index in [2.05, 4.69) is 25.7 Å². The zero-order valence-corrected chi connectivity index (χ0v) is 23.1. The lowest BCUT2D eigenvalue weighted by Crippen LogP contribution is -2.31. The minimum atomic E-state index is -4.40. The maximum absolute atomic E-state index is 12.7. The molecule has 1 atom stereocenters. The van der Waals surface area contributed by atoms with Crippen LogP contribution in [0.25, 0.3) is 5.57 Å². The Morgan fingerprint density at radius 2 is 1.81 bits per heavy atom. The van der Waals surface area contributed by atoms with Gasteiger partial charge < -0.3 is 14.8 Å². The van der Waals surface area contributed by atoms with Crippen molar-refractivity contribution in [2.45, 2.75) is 92.8 Å². The molecule has 1 aromatic heterocycles. The quantitative estimate of drug-likeness (QED) is 0.193. The number of amides is 1. The molecule has 0 bridgehead atoms. The van der Waals surface area contributed by atoms with Gasteiger partial charge in [-0.1, -0.05) is 32.9 Å². The van der Waals surface area contributed by atoms with Crippen molar-refractivity contribution in [1.29, 1.82) is 0 Å². The number of Topliss-reactive ketones (excluding diaryl/α,β-unsaturated/α-hetero) is 1. The smallest absolute Gasteiger partial charge is 0.416 e. The third-order valence-electron chi connectivity index (χ3n) is 5.73. The molecule has 2 N–H and O–H groups in total. The third-order valence-corrected chi connectivity index (χ3v) is 5.73. The molecule has 37 heavy (non-hydrogen) atoms. The molecule has 1 fully saturated rings. The van der Waals surface area contributed by atoms with Crippen molar-refractivity contribution in [1.82, 2.24) is 5.32 Å². The largest absolute Gasteiger partial charge is 0.512 e. The molecule has 1 unspecified atom stereocenters. The summed E-state index contributed by atoms with van der Waals surface area (Å²) in [6.07, 6.45) is 6.59. The van der Waals surface area contributed by atoms with Gasteiger partial charge in [0.05, 0.1) is 23.9 Å². The number of aliphatic hydroxyl groups excluding tert-OH is 1. The summed E-state index contributed by atoms with van der Waals surface area (Å²) in [7, 11) is 0. The summed E-state index contributed by atoms with van der Waals surface area (Å²) in [5.74, 6) is 0.569. The van der Waals surface area contributed by atoms with E-state index in [1.807, 2.05) is 0 Å². The monoisotopic (exact) mass is 525 g/mol. The van der Waals surface area contributed by atoms with Gasteiger partial charge in [-0.2, -0.15) is 13.2 Å². The number of carbonyl (C=O) groups excluding carboxylic acids is 2. The van der Waals surface area contributed by atoms with Crippen LogP contribution in [0.4, 0.5) is 13.2 Å². The third kappa shape index (κ3) is 13.7. The van der Waals surface area contributed by atoms with Crippen LogP contribution in [0.3, 0.4) is 0 Å². The molecule has 208 valence electrons. The second kappa shape index (κ2) is 16.7. The fourth-order valence-corrected chi connectivity index (χ4v) is 3.04. The first-order valence-corrected chi connectivity index (χ1v) is 12.5. The van der Waals surface area contributed by atoms with Gasteiger partial charge in [-0.25, -0.2) is 0 Å². The van der Waals surface area contributed by atoms with Crippen LogP contribution in [-0.2, 0) is 9.59 Å². The molecule has 1 aliphatic rings. The first kappa shape index (κ1) is 34.0. The maximum atomic E-state index is 12.7. The number of aliphatic hydroxyl groups is 1. The average molecular weight is 526 g/mol. The van der Waals surface area contributed by atoms with Crippen molar-refractivity contribution in [2.75, 3.05) is 0 Å². The molecule has 8 heteroatoms. The van der Waals surface area contributed by atoms with E-state index in [0.717, 1.165) is 25.3 Å². The lowest BCUT2D eigenvalue weighted by molar-refractivity contribution is -0.125. The van der Waals surface area contributed by atoms with Gasteiger partial charge in [0.15, 0.2) is 5.78 Å². The van der Waals surface area contributed by atoms with E-state index in [9.17, 15) is 22.8 Å². The molecule has 5 nitrogen and oxygen atoms in total. The van der Waals surface area contributed by atoms with Crippen molar-refractivity contribution in [3.8, 4) is 0 Å². The molecule has 0 spiro atoms. The Kier molecular flexibility index (Phi) is 15.3. The summed E-state index contributed by atoms with van der Waals surface area (Å²) in [6.45, 7) is 15.1. The van der Waals surface area contributed by atoms with Gasteiger partial charge in [0, 0.05) is 23.1 Å². The number of ketones is 1. The van der Waals surface area contributed by atoms with Crippen LogP contribution in [0, 0.1) is 5.92 Å². The lowest BCUT2D eigenvalue weighted by Gasteiger charge is -2.12. The molecule has 1 aliphatic carbocycles. The zero-order chi connectivity index (χ0) is 28.8. The molecule has 1 amide bonds. The summed E-state index contributed by atoms with van der Waals surface area (Å²) in [5, 5.41) is 11.7. The van der Waals surface area contributed by atoms with Gasteiger partial charge in [0.1, 0.15) is 0 Å². The van der Waals surface area contributed by atoms with E-state index >= 15 is 0 Å². The highest BCUT2D eigenvalue weighted by atomic mass is 19.4. The van der Waals surface area contributed by atoms with Crippen LogP contribution < -0.4 is 5.32 Å². The average Bonchev–Trinajstić information content (AvgIpc) is 3.45. The normalized spacial score (nSPS) is 15.3. The van der Waals surface area contributed by atoms with E-state index in [-0.39, 0.29) is 28.9 Å². The first-order chi connectivity index (χ1) is 17.2. The van der Waals surface area contributed by atoms with Crippen molar-refractivity contribution >= 4 is 17.3 Å². The van der Waals surface area contributed by atoms with E-state index in [0.29, 0.717) is 22.8 Å². The SMILES string of the molecule is C=C(C)/C(=C\C(=C/C)c1ccoc1)C(F)(F)F.CC(=O)/C(C)=C(/C)O.CCCC(CC)C(=O)NC1CC1. The fraction of sp³-hybridized carbons (Fsp3) is 0.517. The number of hydrogen-bond acceptors (Lipinski definition) is 4. The summed E-state index contributed by atoms with van der Waals surface area (Å²) < 4.78 is 43.0. The van der Waals surface area contributed by atoms with Crippen LogP contribution in [-0.4, -0.2) is 29.0 Å². The minimum Gasteiger partial charge on any atom is -0.512 e. The minimum absolute atomic E-state index is 0.0136. The van der Waals surface area contributed by atoms with E-state index < -0.39 is 11.7 Å². The molecule has 0 aliphatic heterocycles. The van der Waals surface area contributed by atoms with Crippen LogP contribution in [0.15, 0.2) is 64.2 Å². The Morgan fingerprint density at radius 3 is 2.11 bits per heavy atom. The number of nitrogens with one attached hydrogen (secondary N) is 1. The topological polar surface area (TPSA) is 79.5 Å². The Balaban J connectivity index is 0.000000566. The van der Waals surface area contributed by atoms with Crippen LogP contribution >= 0.6 is 0 Å². The highest BCUT2D eigenvalue weighted by molar-refractivity contribution is 5.92. The molecular weight excluding hydrogens is 483 g/mol. The maximum Gasteiger partial charge on any atom is 0.416 e. The number of furan rings is 1. The standard InChI is InChI=1S/C13H13F3O.C10H19NO.C6H10O2/c1-4-10(11-5-6-17-8-11)7-12(9(2)3)13(14,15)16;1-3-5-8(4-2)10(12)11-9-6-7-9;1-4(5(2)7)6(3)8/h4-8H,2H2,1,3H3;8-9H,3-7H2,1-2H3,(H,11,12);7H,1-3H3/b10-4+,12-7+;;5-4-. The van der Waals surface area contributed by atoms with Crippen molar-refractivity contribution in [3.63, 3.8) is 0 Å². The molecule has 1 aromatic rings. The van der Waals surface area contributed by atoms with Crippen LogP contribution in [0.2, 0.25) is 0 Å². The van der Waals surface area contributed by atoms with Crippen molar-refractivity contribution in [3.05, 3.63) is 65.4 Å². The highest BCUT2D eigenvalue weighted by Gasteiger charge is 2.34. The summed E-state index contributed by atoms with van der Waals surface area (Å²) >= 11 is 0. The molecule has 1 saturated carbocycles. The Morgan fingerprint density at radius 1 is 1.22 bits per heavy atom. The van der Waals surface area contributed by atoms with Gasteiger partial charge >= 0.3 is 6.18 Å². The Bertz CT molecular complexity index is 962. The first-order valence-electron chi connectivity index (χ1n) is 12.5. The van der Waals surface area contributed by atoms with E-state index in [4.69, 9.17) is 9.52 Å². The Hall–Kier alpha value is -3.03. The number of hydrogen-bond donors (Lipinski definition) is 2. The van der Waals surface area contributed by atoms with E-state index in [1.54, 1.807) is 26.0 Å². The number of alkyl halides is 3. The Labute approximate surface area is 219 Å². The second-order valence-electron chi connectivity index (χ2n) is 9.04. The van der Waals surface area contributed by atoms with Crippen LogP contribution in [0.1, 0.15) is 86.1 Å². The zero-order valence-electron chi connectivity index (χ0n) is 23.1. The summed E-state index contributed by atoms with van der Waals surface area (Å²) in [5.41, 5.74) is 0.752. The number of halogens is 3. The number of allylic oxidation sites excluding steroid dienone is 7. The molecule has 0 radical (unpaired) electrons. The van der Waals surface area contributed by atoms with Gasteiger partial charge in [0.25, 0.3) is 0 Å². The van der Waals surface area contributed by atoms with Gasteiger partial charge in [-0.05, 0) is 83.6 Å². The second-order valence-corrected chi connectivity index (χ2v) is 9.04. The van der Waals surface area contributed by atoms with E-state index in [1.165, 1.54) is 46.1 Å². The van der Waals surface area contributed by atoms with Crippen molar-refractivity contribution in [2.24, 2.45) is 5.92 Å². The lowest BCUT2D eigenvalue weighted by atomic mass is 10.00. The number of carbonyl (C=O) groups is 2. The molecular formula is C29H42F3NO4. The van der Waals surface area contributed by atoms with Gasteiger partial charge in [-0.15, -0.1) is 0 Å². The molecule has 0 saturated heterocycles. The molecule has 0 aromatic carbocycles. The number of rotatable bonds is 9. The molecule has 1 heterocycles. The van der Waals surface area contributed by atoms with Gasteiger partial charge in [0.2, 0.25) is 5.91 Å². The predicted molar refractivity (Wildman–Crippen MR) is 143 cm³/mol.